The fourth-order valence-electron chi connectivity index (χ4n) is 3.37. The lowest BCUT2D eigenvalue weighted by molar-refractivity contribution is -0.139. The van der Waals surface area contributed by atoms with Crippen LogP contribution in [0.25, 0.3) is 11.0 Å². The average molecular weight is 526 g/mol. The number of fused-ring (bicyclic) bond motifs is 1. The van der Waals surface area contributed by atoms with Crippen molar-refractivity contribution in [1.29, 1.82) is 0 Å². The molecule has 36 heavy (non-hydrogen) atoms. The molecule has 4 N–H and O–H groups in total. The molecular weight excluding hydrogens is 506 g/mol. The molecule has 2 heterocycles. The van der Waals surface area contributed by atoms with Crippen molar-refractivity contribution in [2.75, 3.05) is 0 Å². The monoisotopic (exact) mass is 525 g/mol. The predicted octanol–water partition coefficient (Wildman–Crippen LogP) is 3.47. The minimum Gasteiger partial charge on any atom is -0.480 e. The number of aromatic nitrogens is 2. The van der Waals surface area contributed by atoms with Crippen molar-refractivity contribution in [3.8, 4) is 0 Å². The number of hydrazine groups is 1. The van der Waals surface area contributed by atoms with Crippen LogP contribution in [0.15, 0.2) is 60.2 Å². The van der Waals surface area contributed by atoms with Gasteiger partial charge in [0.1, 0.15) is 6.04 Å². The summed E-state index contributed by atoms with van der Waals surface area (Å²) < 4.78 is 0. The van der Waals surface area contributed by atoms with Gasteiger partial charge < -0.3 is 15.4 Å². The first-order valence-corrected chi connectivity index (χ1v) is 11.9. The van der Waals surface area contributed by atoms with Crippen molar-refractivity contribution in [3.05, 3.63) is 86.8 Å². The molecule has 0 aliphatic rings. The topological polar surface area (TPSA) is 144 Å². The smallest absolute Gasteiger partial charge is 0.322 e. The number of hydrogen-bond donors (Lipinski definition) is 4. The summed E-state index contributed by atoms with van der Waals surface area (Å²) in [5.41, 5.74) is 4.95. The quantitative estimate of drug-likeness (QED) is 0.203. The Balaban J connectivity index is 1.52. The molecule has 0 aliphatic carbocycles. The number of nitrogens with zero attached hydrogens (tertiary/aromatic N) is 2. The van der Waals surface area contributed by atoms with Crippen molar-refractivity contribution >= 4 is 57.7 Å². The number of amides is 3. The first-order chi connectivity index (χ1) is 17.3. The summed E-state index contributed by atoms with van der Waals surface area (Å²) in [5.74, 6) is -3.26. The zero-order valence-electron chi connectivity index (χ0n) is 18.8. The van der Waals surface area contributed by atoms with Gasteiger partial charge in [-0.2, -0.15) is 0 Å². The first-order valence-electron chi connectivity index (χ1n) is 10.7. The molecule has 0 spiro atoms. The molecule has 4 aromatic rings. The summed E-state index contributed by atoms with van der Waals surface area (Å²) >= 11 is 7.43. The number of carboxylic acids is 1. The maximum Gasteiger partial charge on any atom is 0.322 e. The van der Waals surface area contributed by atoms with Crippen molar-refractivity contribution in [2.24, 2.45) is 0 Å². The number of para-hydroxylation sites is 1. The Labute approximate surface area is 213 Å². The third-order valence-electron chi connectivity index (χ3n) is 5.27. The zero-order valence-corrected chi connectivity index (χ0v) is 20.4. The van der Waals surface area contributed by atoms with Gasteiger partial charge in [-0.05, 0) is 48.2 Å². The van der Waals surface area contributed by atoms with Crippen LogP contribution in [0.4, 0.5) is 0 Å². The van der Waals surface area contributed by atoms with E-state index >= 15 is 0 Å². The average Bonchev–Trinajstić information content (AvgIpc) is 3.57. The van der Waals surface area contributed by atoms with E-state index in [2.05, 4.69) is 20.7 Å². The van der Waals surface area contributed by atoms with Crippen molar-refractivity contribution in [2.45, 2.75) is 19.5 Å². The molecule has 4 rings (SSSR count). The number of H-pyrrole nitrogens is 1. The van der Waals surface area contributed by atoms with Crippen LogP contribution in [0.3, 0.4) is 0 Å². The van der Waals surface area contributed by atoms with Crippen LogP contribution in [0.1, 0.15) is 42.9 Å². The van der Waals surface area contributed by atoms with E-state index in [0.29, 0.717) is 5.01 Å². The second-order valence-corrected chi connectivity index (χ2v) is 9.06. The molecule has 0 radical (unpaired) electrons. The molecule has 3 amide bonds. The van der Waals surface area contributed by atoms with E-state index < -0.39 is 29.7 Å². The normalized spacial score (nSPS) is 11.7. The van der Waals surface area contributed by atoms with Gasteiger partial charge in [0.25, 0.3) is 17.7 Å². The Kier molecular flexibility index (Phi) is 7.44. The Bertz CT molecular complexity index is 1450. The molecule has 184 valence electrons. The fourth-order valence-corrected chi connectivity index (χ4v) is 4.28. The minimum absolute atomic E-state index is 0.0733. The van der Waals surface area contributed by atoms with Crippen molar-refractivity contribution in [1.82, 2.24) is 25.7 Å². The Morgan fingerprint density at radius 3 is 2.64 bits per heavy atom. The molecule has 0 unspecified atom stereocenters. The summed E-state index contributed by atoms with van der Waals surface area (Å²) in [7, 11) is 0. The van der Waals surface area contributed by atoms with E-state index in [1.165, 1.54) is 31.2 Å². The van der Waals surface area contributed by atoms with Gasteiger partial charge in [0, 0.05) is 12.1 Å². The van der Waals surface area contributed by atoms with Gasteiger partial charge >= 0.3 is 5.97 Å². The Hall–Kier alpha value is -4.06. The number of aliphatic carboxylic acids is 1. The molecule has 0 bridgehead atoms. The largest absolute Gasteiger partial charge is 0.480 e. The summed E-state index contributed by atoms with van der Waals surface area (Å²) in [5, 5.41) is 14.2. The van der Waals surface area contributed by atoms with E-state index in [1.807, 2.05) is 18.2 Å². The molecule has 2 aromatic carbocycles. The van der Waals surface area contributed by atoms with Gasteiger partial charge in [-0.25, -0.2) is 15.4 Å². The van der Waals surface area contributed by atoms with Crippen LogP contribution in [0.5, 0.6) is 0 Å². The minimum atomic E-state index is -1.25. The third-order valence-corrected chi connectivity index (χ3v) is 6.44. The van der Waals surface area contributed by atoms with Crippen LogP contribution in [0, 0.1) is 0 Å². The van der Waals surface area contributed by atoms with Crippen molar-refractivity contribution < 1.29 is 24.3 Å². The summed E-state index contributed by atoms with van der Waals surface area (Å²) in [4.78, 5) is 57.7. The van der Waals surface area contributed by atoms with Gasteiger partial charge in [-0.15, -0.1) is 11.3 Å². The highest BCUT2D eigenvalue weighted by Gasteiger charge is 2.30. The van der Waals surface area contributed by atoms with E-state index in [4.69, 9.17) is 11.6 Å². The van der Waals surface area contributed by atoms with E-state index in [-0.39, 0.29) is 27.6 Å². The van der Waals surface area contributed by atoms with E-state index in [9.17, 15) is 24.3 Å². The number of halogens is 1. The molecule has 12 heteroatoms. The van der Waals surface area contributed by atoms with Gasteiger partial charge in [0.15, 0.2) is 0 Å². The van der Waals surface area contributed by atoms with Gasteiger partial charge in [0.05, 0.1) is 32.8 Å². The van der Waals surface area contributed by atoms with Crippen LogP contribution in [-0.2, 0) is 11.3 Å². The molecule has 0 aliphatic heterocycles. The second kappa shape index (κ2) is 10.7. The fraction of sp³-hybridized carbons (Fsp3) is 0.125. The third kappa shape index (κ3) is 5.28. The molecule has 1 atom stereocenters. The molecular formula is C24H20ClN5O5S. The molecule has 2 aromatic heterocycles. The number of carbonyl (C=O) groups excluding carboxylic acids is 3. The van der Waals surface area contributed by atoms with Crippen LogP contribution in [-0.4, -0.2) is 49.8 Å². The number of carbonyl (C=O) groups is 4. The maximum absolute atomic E-state index is 13.2. The van der Waals surface area contributed by atoms with Crippen LogP contribution >= 0.6 is 22.9 Å². The SMILES string of the molecule is C[C@H](NN(C(=O)c1cccs1)C(=O)c1ccc(C(=O)NCc2cccc3[nH]cnc23)cc1Cl)C(=O)O. The lowest BCUT2D eigenvalue weighted by Gasteiger charge is -2.24. The zero-order chi connectivity index (χ0) is 25.8. The number of imidazole rings is 1. The Morgan fingerprint density at radius 2 is 1.94 bits per heavy atom. The summed E-state index contributed by atoms with van der Waals surface area (Å²) in [6.07, 6.45) is 1.57. The number of rotatable bonds is 8. The van der Waals surface area contributed by atoms with Crippen LogP contribution in [0.2, 0.25) is 5.02 Å². The first kappa shape index (κ1) is 25.0. The number of nitrogens with one attached hydrogen (secondary N) is 3. The summed E-state index contributed by atoms with van der Waals surface area (Å²) in [6.45, 7) is 1.52. The number of aromatic amines is 1. The van der Waals surface area contributed by atoms with Crippen molar-refractivity contribution in [3.63, 3.8) is 0 Å². The number of benzene rings is 2. The lowest BCUT2D eigenvalue weighted by atomic mass is 10.1. The summed E-state index contributed by atoms with van der Waals surface area (Å²) in [6, 6.07) is 11.5. The van der Waals surface area contributed by atoms with Gasteiger partial charge in [0.2, 0.25) is 0 Å². The number of carboxylic acid groups (broad SMARTS) is 1. The van der Waals surface area contributed by atoms with Gasteiger partial charge in [-0.3, -0.25) is 19.2 Å². The highest BCUT2D eigenvalue weighted by molar-refractivity contribution is 7.12. The maximum atomic E-state index is 13.2. The second-order valence-electron chi connectivity index (χ2n) is 7.71. The number of thiophene rings is 1. The van der Waals surface area contributed by atoms with E-state index in [0.717, 1.165) is 27.9 Å². The van der Waals surface area contributed by atoms with E-state index in [1.54, 1.807) is 17.8 Å². The molecule has 0 saturated carbocycles. The Morgan fingerprint density at radius 1 is 1.14 bits per heavy atom. The van der Waals surface area contributed by atoms with Gasteiger partial charge in [-0.1, -0.05) is 29.8 Å². The molecule has 0 fully saturated rings. The highest BCUT2D eigenvalue weighted by atomic mass is 35.5. The molecule has 10 nitrogen and oxygen atoms in total. The number of imide groups is 1. The predicted molar refractivity (Wildman–Crippen MR) is 134 cm³/mol. The lowest BCUT2D eigenvalue weighted by Crippen LogP contribution is -2.52. The molecule has 0 saturated heterocycles. The van der Waals surface area contributed by atoms with Crippen LogP contribution < -0.4 is 10.7 Å². The number of hydrogen-bond acceptors (Lipinski definition) is 7. The highest BCUT2D eigenvalue weighted by Crippen LogP contribution is 2.22. The standard InChI is InChI=1S/C24H20ClN5O5S/c1-13(24(34)35)29-30(23(33)19-6-3-9-36-19)22(32)16-8-7-14(10-17(16)25)21(31)26-11-15-4-2-5-18-20(15)28-12-27-18/h2-10,12-13,29H,11H2,1H3,(H,26,31)(H,27,28)(H,34,35)/t13-/m0/s1.